The highest BCUT2D eigenvalue weighted by atomic mass is 32.2. The number of nitrogens with zero attached hydrogens (tertiary/aromatic N) is 2. The topological polar surface area (TPSA) is 96.0 Å². The number of halogens is 2. The quantitative estimate of drug-likeness (QED) is 0.805. The maximum absolute atomic E-state index is 13.8. The van der Waals surface area contributed by atoms with E-state index in [0.29, 0.717) is 6.07 Å². The molecule has 1 aliphatic rings. The minimum absolute atomic E-state index is 0.0228. The molecule has 1 aromatic carbocycles. The van der Waals surface area contributed by atoms with Crippen molar-refractivity contribution in [3.05, 3.63) is 29.8 Å². The molecule has 1 aliphatic heterocycles. The number of amides is 2. The molecule has 1 heterocycles. The first-order chi connectivity index (χ1) is 12.2. The van der Waals surface area contributed by atoms with Gasteiger partial charge in [-0.05, 0) is 19.1 Å². The number of rotatable bonds is 4. The van der Waals surface area contributed by atoms with Gasteiger partial charge in [-0.3, -0.25) is 15.0 Å². The lowest BCUT2D eigenvalue weighted by Gasteiger charge is -2.36. The molecule has 1 N–H and O–H groups in total. The Labute approximate surface area is 149 Å². The molecule has 0 aliphatic carbocycles. The first-order valence-corrected chi connectivity index (χ1v) is 9.19. The fraction of sp³-hybridized carbons (Fsp3) is 0.467. The number of carbonyl (C=O) groups is 2. The van der Waals surface area contributed by atoms with Gasteiger partial charge in [0.15, 0.2) is 0 Å². The Hall–Kier alpha value is -2.11. The van der Waals surface area contributed by atoms with E-state index < -0.39 is 44.6 Å². The summed E-state index contributed by atoms with van der Waals surface area (Å²) >= 11 is 0. The summed E-state index contributed by atoms with van der Waals surface area (Å²) in [5.74, 6) is -2.59. The number of carbonyl (C=O) groups excluding carboxylic acids is 2. The molecule has 0 saturated carbocycles. The molecule has 0 radical (unpaired) electrons. The molecular weight excluding hydrogens is 372 g/mol. The predicted octanol–water partition coefficient (Wildman–Crippen LogP) is 0.542. The summed E-state index contributed by atoms with van der Waals surface area (Å²) < 4.78 is 57.3. The van der Waals surface area contributed by atoms with E-state index in [1.807, 2.05) is 5.32 Å². The predicted molar refractivity (Wildman–Crippen MR) is 86.7 cm³/mol. The standard InChI is InChI=1S/C15H19F2N3O5S/c1-10(14(21)18-15(22)25-2)19-5-7-20(8-6-19)26(23,24)13-4-3-11(16)9-12(13)17/h3-4,9-10H,5-8H2,1-2H3,(H,18,21,22)/t10-/m0/s1. The molecule has 0 unspecified atom stereocenters. The number of sulfonamides is 1. The van der Waals surface area contributed by atoms with Crippen molar-refractivity contribution < 1.29 is 31.5 Å². The number of imide groups is 1. The van der Waals surface area contributed by atoms with Gasteiger partial charge in [0.1, 0.15) is 16.5 Å². The Balaban J connectivity index is 2.03. The zero-order valence-electron chi connectivity index (χ0n) is 14.2. The van der Waals surface area contributed by atoms with Crippen molar-refractivity contribution in [1.29, 1.82) is 0 Å². The van der Waals surface area contributed by atoms with Crippen LogP contribution in [0.15, 0.2) is 23.1 Å². The molecule has 144 valence electrons. The van der Waals surface area contributed by atoms with Gasteiger partial charge in [-0.25, -0.2) is 22.0 Å². The van der Waals surface area contributed by atoms with Gasteiger partial charge >= 0.3 is 6.09 Å². The van der Waals surface area contributed by atoms with Gasteiger partial charge < -0.3 is 4.74 Å². The average molecular weight is 391 g/mol. The van der Waals surface area contributed by atoms with Gasteiger partial charge in [0.2, 0.25) is 15.9 Å². The smallest absolute Gasteiger partial charge is 0.413 e. The maximum atomic E-state index is 13.8. The number of piperazine rings is 1. The maximum Gasteiger partial charge on any atom is 0.413 e. The zero-order chi connectivity index (χ0) is 19.5. The van der Waals surface area contributed by atoms with Gasteiger partial charge in [0.05, 0.1) is 13.2 Å². The van der Waals surface area contributed by atoms with E-state index in [1.165, 1.54) is 0 Å². The molecule has 11 heteroatoms. The van der Waals surface area contributed by atoms with Crippen molar-refractivity contribution in [2.24, 2.45) is 0 Å². The normalized spacial score (nSPS) is 17.5. The second-order valence-corrected chi connectivity index (χ2v) is 7.58. The van der Waals surface area contributed by atoms with Gasteiger partial charge in [0.25, 0.3) is 0 Å². The van der Waals surface area contributed by atoms with Crippen LogP contribution < -0.4 is 5.32 Å². The minimum atomic E-state index is -4.11. The van der Waals surface area contributed by atoms with Crippen molar-refractivity contribution in [3.63, 3.8) is 0 Å². The van der Waals surface area contributed by atoms with Crippen LogP contribution in [0.1, 0.15) is 6.92 Å². The number of benzene rings is 1. The van der Waals surface area contributed by atoms with Crippen molar-refractivity contribution in [1.82, 2.24) is 14.5 Å². The lowest BCUT2D eigenvalue weighted by Crippen LogP contribution is -2.55. The SMILES string of the molecule is COC(=O)NC(=O)[C@H](C)N1CCN(S(=O)(=O)c2ccc(F)cc2F)CC1. The van der Waals surface area contributed by atoms with Crippen molar-refractivity contribution in [3.8, 4) is 0 Å². The first-order valence-electron chi connectivity index (χ1n) is 7.75. The van der Waals surface area contributed by atoms with E-state index in [0.717, 1.165) is 23.5 Å². The summed E-state index contributed by atoms with van der Waals surface area (Å²) in [5.41, 5.74) is 0. The van der Waals surface area contributed by atoms with Crippen molar-refractivity contribution in [2.45, 2.75) is 17.9 Å². The monoisotopic (exact) mass is 391 g/mol. The summed E-state index contributed by atoms with van der Waals surface area (Å²) in [4.78, 5) is 24.1. The lowest BCUT2D eigenvalue weighted by atomic mass is 10.2. The van der Waals surface area contributed by atoms with Crippen LogP contribution in [0.2, 0.25) is 0 Å². The Morgan fingerprint density at radius 2 is 1.81 bits per heavy atom. The van der Waals surface area contributed by atoms with E-state index in [-0.39, 0.29) is 26.2 Å². The van der Waals surface area contributed by atoms with E-state index >= 15 is 0 Å². The first kappa shape index (κ1) is 20.2. The van der Waals surface area contributed by atoms with E-state index in [1.54, 1.807) is 11.8 Å². The summed E-state index contributed by atoms with van der Waals surface area (Å²) in [5, 5.41) is 2.05. The molecule has 8 nitrogen and oxygen atoms in total. The Kier molecular flexibility index (Phi) is 6.26. The summed E-state index contributed by atoms with van der Waals surface area (Å²) in [7, 11) is -2.98. The molecule has 1 atom stereocenters. The fourth-order valence-electron chi connectivity index (χ4n) is 2.58. The highest BCUT2D eigenvalue weighted by Gasteiger charge is 2.33. The van der Waals surface area contributed by atoms with Gasteiger partial charge in [-0.1, -0.05) is 0 Å². The third-order valence-electron chi connectivity index (χ3n) is 4.12. The van der Waals surface area contributed by atoms with Gasteiger partial charge in [-0.2, -0.15) is 4.31 Å². The van der Waals surface area contributed by atoms with Crippen LogP contribution in [-0.4, -0.2) is 69.0 Å². The molecular formula is C15H19F2N3O5S. The molecule has 0 bridgehead atoms. The second-order valence-electron chi connectivity index (χ2n) is 5.67. The second kappa shape index (κ2) is 8.06. The number of ether oxygens (including phenoxy) is 1. The summed E-state index contributed by atoms with van der Waals surface area (Å²) in [6, 6.07) is 1.61. The Bertz CT molecular complexity index is 794. The molecule has 2 rings (SSSR count). The minimum Gasteiger partial charge on any atom is -0.453 e. The van der Waals surface area contributed by atoms with Crippen LogP contribution in [0.25, 0.3) is 0 Å². The molecule has 26 heavy (non-hydrogen) atoms. The van der Waals surface area contributed by atoms with Gasteiger partial charge in [-0.15, -0.1) is 0 Å². The number of alkyl carbamates (subject to hydrolysis) is 1. The van der Waals surface area contributed by atoms with E-state index in [9.17, 15) is 26.8 Å². The van der Waals surface area contributed by atoms with Crippen LogP contribution in [0.4, 0.5) is 13.6 Å². The number of hydrogen-bond acceptors (Lipinski definition) is 6. The van der Waals surface area contributed by atoms with E-state index in [4.69, 9.17) is 0 Å². The molecule has 1 aromatic rings. The summed E-state index contributed by atoms with van der Waals surface area (Å²) in [6.45, 7) is 2.03. The third-order valence-corrected chi connectivity index (χ3v) is 6.05. The Morgan fingerprint density at radius 3 is 2.35 bits per heavy atom. The zero-order valence-corrected chi connectivity index (χ0v) is 15.1. The number of hydrogen-bond donors (Lipinski definition) is 1. The largest absolute Gasteiger partial charge is 0.453 e. The van der Waals surface area contributed by atoms with Crippen LogP contribution >= 0.6 is 0 Å². The van der Waals surface area contributed by atoms with Crippen molar-refractivity contribution >= 4 is 22.0 Å². The van der Waals surface area contributed by atoms with Crippen molar-refractivity contribution in [2.75, 3.05) is 33.3 Å². The van der Waals surface area contributed by atoms with Crippen LogP contribution in [0.5, 0.6) is 0 Å². The van der Waals surface area contributed by atoms with Crippen LogP contribution in [0.3, 0.4) is 0 Å². The van der Waals surface area contributed by atoms with E-state index in [2.05, 4.69) is 4.74 Å². The lowest BCUT2D eigenvalue weighted by molar-refractivity contribution is -0.125. The molecule has 0 aromatic heterocycles. The van der Waals surface area contributed by atoms with Gasteiger partial charge in [0, 0.05) is 32.2 Å². The third kappa shape index (κ3) is 4.34. The highest BCUT2D eigenvalue weighted by Crippen LogP contribution is 2.21. The molecule has 2 amide bonds. The van der Waals surface area contributed by atoms with Crippen LogP contribution in [-0.2, 0) is 19.6 Å². The highest BCUT2D eigenvalue weighted by molar-refractivity contribution is 7.89. The molecule has 1 saturated heterocycles. The average Bonchev–Trinajstić information content (AvgIpc) is 2.60. The Morgan fingerprint density at radius 1 is 1.19 bits per heavy atom. The molecule has 0 spiro atoms. The fourth-order valence-corrected chi connectivity index (χ4v) is 4.04. The number of methoxy groups -OCH3 is 1. The molecule has 1 fully saturated rings. The number of nitrogens with one attached hydrogen (secondary N) is 1. The van der Waals surface area contributed by atoms with Crippen LogP contribution in [0, 0.1) is 11.6 Å². The summed E-state index contributed by atoms with van der Waals surface area (Å²) in [6.07, 6.45) is -0.880.